The lowest BCUT2D eigenvalue weighted by molar-refractivity contribution is -0.137. The molecule has 1 atom stereocenters. The van der Waals surface area contributed by atoms with Gasteiger partial charge in [-0.2, -0.15) is 13.2 Å². The Morgan fingerprint density at radius 2 is 1.67 bits per heavy atom. The number of hydrogen-bond donors (Lipinski definition) is 2. The van der Waals surface area contributed by atoms with Crippen molar-refractivity contribution < 1.29 is 31.9 Å². The van der Waals surface area contributed by atoms with Crippen molar-refractivity contribution >= 4 is 29.2 Å². The maximum Gasteiger partial charge on any atom is 0.416 e. The summed E-state index contributed by atoms with van der Waals surface area (Å²) in [5.74, 6) is -1.85. The Hall–Kier alpha value is -4.28. The van der Waals surface area contributed by atoms with Gasteiger partial charge in [0.1, 0.15) is 17.7 Å². The molecule has 222 valence electrons. The van der Waals surface area contributed by atoms with Crippen LogP contribution in [0.25, 0.3) is 0 Å². The fourth-order valence-corrected chi connectivity index (χ4v) is 5.02. The highest BCUT2D eigenvalue weighted by molar-refractivity contribution is 6.01. The molecular weight excluding hydrogens is 552 g/mol. The van der Waals surface area contributed by atoms with Crippen LogP contribution in [0.3, 0.4) is 0 Å². The van der Waals surface area contributed by atoms with E-state index in [0.29, 0.717) is 5.82 Å². The summed E-state index contributed by atoms with van der Waals surface area (Å²) in [5, 5.41) is 5.58. The molecular formula is C31H32F4N4O3. The van der Waals surface area contributed by atoms with Gasteiger partial charge in [-0.25, -0.2) is 9.37 Å². The van der Waals surface area contributed by atoms with Crippen LogP contribution >= 0.6 is 0 Å². The molecule has 2 N–H and O–H groups in total. The number of halogens is 4. The maximum absolute atomic E-state index is 13.8. The number of carbonyl (C=O) groups excluding carboxylic acids is 3. The first-order valence-corrected chi connectivity index (χ1v) is 13.9. The molecule has 1 heterocycles. The molecule has 11 heteroatoms. The summed E-state index contributed by atoms with van der Waals surface area (Å²) < 4.78 is 54.8. The van der Waals surface area contributed by atoms with Crippen molar-refractivity contribution in [1.29, 1.82) is 0 Å². The molecule has 2 aromatic carbocycles. The molecule has 3 aromatic rings. The molecule has 1 aromatic heterocycles. The van der Waals surface area contributed by atoms with Crippen LogP contribution < -0.4 is 15.5 Å². The Bertz CT molecular complexity index is 1360. The lowest BCUT2D eigenvalue weighted by Crippen LogP contribution is -2.47. The van der Waals surface area contributed by atoms with Gasteiger partial charge in [-0.15, -0.1) is 0 Å². The van der Waals surface area contributed by atoms with Gasteiger partial charge in [-0.1, -0.05) is 43.5 Å². The van der Waals surface area contributed by atoms with Crippen molar-refractivity contribution in [2.24, 2.45) is 0 Å². The minimum Gasteiger partial charge on any atom is -0.351 e. The highest BCUT2D eigenvalue weighted by Gasteiger charge is 2.36. The predicted octanol–water partition coefficient (Wildman–Crippen LogP) is 6.57. The summed E-state index contributed by atoms with van der Waals surface area (Å²) in [5.41, 5.74) is -0.887. The third kappa shape index (κ3) is 8.37. The number of nitrogens with zero attached hydrogens (tertiary/aromatic N) is 2. The van der Waals surface area contributed by atoms with Crippen LogP contribution in [0.15, 0.2) is 72.9 Å². The minimum atomic E-state index is -4.69. The highest BCUT2D eigenvalue weighted by Crippen LogP contribution is 2.35. The summed E-state index contributed by atoms with van der Waals surface area (Å²) in [7, 11) is 0. The van der Waals surface area contributed by atoms with Crippen molar-refractivity contribution in [1.82, 2.24) is 10.3 Å². The normalized spacial score (nSPS) is 14.6. The van der Waals surface area contributed by atoms with Crippen molar-refractivity contribution in [2.45, 2.75) is 69.6 Å². The Morgan fingerprint density at radius 3 is 2.33 bits per heavy atom. The van der Waals surface area contributed by atoms with Crippen LogP contribution in [0.2, 0.25) is 0 Å². The molecule has 0 aliphatic heterocycles. The number of aromatic nitrogens is 1. The summed E-state index contributed by atoms with van der Waals surface area (Å²) in [6, 6.07) is 12.6. The zero-order valence-corrected chi connectivity index (χ0v) is 22.9. The predicted molar refractivity (Wildman–Crippen MR) is 150 cm³/mol. The number of nitrogens with one attached hydrogen (secondary N) is 2. The zero-order valence-electron chi connectivity index (χ0n) is 22.9. The number of pyridine rings is 1. The average Bonchev–Trinajstić information content (AvgIpc) is 2.97. The summed E-state index contributed by atoms with van der Waals surface area (Å²) in [4.78, 5) is 45.0. The van der Waals surface area contributed by atoms with E-state index in [4.69, 9.17) is 0 Å². The smallest absolute Gasteiger partial charge is 0.351 e. The van der Waals surface area contributed by atoms with Crippen molar-refractivity contribution in [3.05, 3.63) is 89.9 Å². The number of amides is 3. The van der Waals surface area contributed by atoms with E-state index < -0.39 is 41.3 Å². The molecule has 4 rings (SSSR count). The monoisotopic (exact) mass is 584 g/mol. The number of alkyl halides is 3. The standard InChI is InChI=1S/C31H32F4N4O3/c32-23-17-15-21(16-18-23)29(30(42)37-24-9-2-1-3-10-24)39(25-11-6-8-22(20-25)31(33,34)35)28(41)14-7-13-27(40)38-26-12-4-5-19-36-26/h4-6,8,11-12,15-20,24,29H,1-3,7,9-10,13-14H2,(H,37,42)(H,36,38,40). The Morgan fingerprint density at radius 1 is 0.929 bits per heavy atom. The van der Waals surface area contributed by atoms with Gasteiger partial charge in [-0.3, -0.25) is 19.3 Å². The van der Waals surface area contributed by atoms with E-state index in [1.807, 2.05) is 0 Å². The SMILES string of the molecule is O=C(CCCC(=O)N(c1cccc(C(F)(F)F)c1)C(C(=O)NC1CCCCC1)c1ccc(F)cc1)Nc1ccccn1. The van der Waals surface area contributed by atoms with E-state index in [0.717, 1.165) is 61.3 Å². The lowest BCUT2D eigenvalue weighted by atomic mass is 9.94. The van der Waals surface area contributed by atoms with E-state index in [1.54, 1.807) is 18.2 Å². The van der Waals surface area contributed by atoms with Gasteiger partial charge in [0.05, 0.1) is 5.56 Å². The van der Waals surface area contributed by atoms with Crippen LogP contribution in [-0.2, 0) is 20.6 Å². The Kier molecular flexibility index (Phi) is 10.3. The molecule has 1 saturated carbocycles. The Labute approximate surface area is 241 Å². The van der Waals surface area contributed by atoms with Gasteiger partial charge < -0.3 is 10.6 Å². The molecule has 0 spiro atoms. The highest BCUT2D eigenvalue weighted by atomic mass is 19.4. The van der Waals surface area contributed by atoms with Crippen LogP contribution in [0.4, 0.5) is 29.1 Å². The van der Waals surface area contributed by atoms with E-state index in [1.165, 1.54) is 30.5 Å². The lowest BCUT2D eigenvalue weighted by Gasteiger charge is -2.34. The van der Waals surface area contributed by atoms with Crippen LogP contribution in [0.5, 0.6) is 0 Å². The average molecular weight is 585 g/mol. The molecule has 42 heavy (non-hydrogen) atoms. The van der Waals surface area contributed by atoms with Gasteiger partial charge in [-0.05, 0) is 67.3 Å². The topological polar surface area (TPSA) is 91.4 Å². The molecule has 3 amide bonds. The molecule has 0 saturated heterocycles. The van der Waals surface area contributed by atoms with Crippen molar-refractivity contribution in [2.75, 3.05) is 10.2 Å². The van der Waals surface area contributed by atoms with E-state index in [9.17, 15) is 31.9 Å². The molecule has 0 bridgehead atoms. The molecule has 1 unspecified atom stereocenters. The third-order valence-electron chi connectivity index (χ3n) is 7.09. The van der Waals surface area contributed by atoms with E-state index in [2.05, 4.69) is 15.6 Å². The number of rotatable bonds is 10. The summed E-state index contributed by atoms with van der Waals surface area (Å²) in [6.07, 6.45) is 0.948. The fourth-order valence-electron chi connectivity index (χ4n) is 5.02. The summed E-state index contributed by atoms with van der Waals surface area (Å²) >= 11 is 0. The Balaban J connectivity index is 1.64. The van der Waals surface area contributed by atoms with Crippen molar-refractivity contribution in [3.63, 3.8) is 0 Å². The van der Waals surface area contributed by atoms with Gasteiger partial charge in [0, 0.05) is 30.8 Å². The second-order valence-electron chi connectivity index (χ2n) is 10.2. The first-order chi connectivity index (χ1) is 20.1. The number of anilines is 2. The first kappa shape index (κ1) is 30.7. The quantitative estimate of drug-likeness (QED) is 0.264. The van der Waals surface area contributed by atoms with Gasteiger partial charge in [0.2, 0.25) is 17.7 Å². The number of benzene rings is 2. The van der Waals surface area contributed by atoms with Gasteiger partial charge in [0.15, 0.2) is 0 Å². The zero-order chi connectivity index (χ0) is 30.1. The second kappa shape index (κ2) is 14.1. The minimum absolute atomic E-state index is 0.0613. The maximum atomic E-state index is 13.8. The molecule has 0 radical (unpaired) electrons. The molecule has 1 fully saturated rings. The second-order valence-corrected chi connectivity index (χ2v) is 10.2. The first-order valence-electron chi connectivity index (χ1n) is 13.9. The van der Waals surface area contributed by atoms with Gasteiger partial charge >= 0.3 is 6.18 Å². The van der Waals surface area contributed by atoms with Gasteiger partial charge in [0.25, 0.3) is 0 Å². The number of hydrogen-bond acceptors (Lipinski definition) is 4. The molecule has 1 aliphatic rings. The molecule has 1 aliphatic carbocycles. The fraction of sp³-hybridized carbons (Fsp3) is 0.355. The van der Waals surface area contributed by atoms with E-state index >= 15 is 0 Å². The number of carbonyl (C=O) groups is 3. The van der Waals surface area contributed by atoms with Crippen molar-refractivity contribution in [3.8, 4) is 0 Å². The largest absolute Gasteiger partial charge is 0.416 e. The van der Waals surface area contributed by atoms with Crippen LogP contribution in [0.1, 0.15) is 68.5 Å². The van der Waals surface area contributed by atoms with E-state index in [-0.39, 0.29) is 36.6 Å². The summed E-state index contributed by atoms with van der Waals surface area (Å²) in [6.45, 7) is 0. The van der Waals surface area contributed by atoms with Crippen LogP contribution in [-0.4, -0.2) is 28.7 Å². The van der Waals surface area contributed by atoms with Crippen LogP contribution in [0, 0.1) is 5.82 Å². The molecule has 7 nitrogen and oxygen atoms in total. The third-order valence-corrected chi connectivity index (χ3v) is 7.09.